The van der Waals surface area contributed by atoms with E-state index < -0.39 is 28.3 Å². The lowest BCUT2D eigenvalue weighted by molar-refractivity contribution is -0.384. The van der Waals surface area contributed by atoms with Crippen molar-refractivity contribution >= 4 is 40.7 Å². The van der Waals surface area contributed by atoms with Gasteiger partial charge in [0.25, 0.3) is 11.2 Å². The van der Waals surface area contributed by atoms with Crippen LogP contribution in [0.1, 0.15) is 31.0 Å². The quantitative estimate of drug-likeness (QED) is 0.302. The van der Waals surface area contributed by atoms with Crippen LogP contribution in [0.15, 0.2) is 63.5 Å². The van der Waals surface area contributed by atoms with Gasteiger partial charge < -0.3 is 4.74 Å². The smallest absolute Gasteiger partial charge is 0.338 e. The molecule has 0 spiro atoms. The highest BCUT2D eigenvalue weighted by Crippen LogP contribution is 2.32. The zero-order valence-corrected chi connectivity index (χ0v) is 19.5. The summed E-state index contributed by atoms with van der Waals surface area (Å²) >= 11 is 7.12. The van der Waals surface area contributed by atoms with E-state index in [1.807, 2.05) is 0 Å². The molecule has 2 aromatic carbocycles. The minimum Gasteiger partial charge on any atom is -0.463 e. The maximum absolute atomic E-state index is 14.4. The van der Waals surface area contributed by atoms with Crippen molar-refractivity contribution < 1.29 is 18.8 Å². The molecule has 1 aromatic heterocycles. The second kappa shape index (κ2) is 9.32. The molecule has 1 unspecified atom stereocenters. The summed E-state index contributed by atoms with van der Waals surface area (Å²) in [6, 6.07) is 8.83. The lowest BCUT2D eigenvalue weighted by Gasteiger charge is -2.24. The molecule has 0 bridgehead atoms. The van der Waals surface area contributed by atoms with Crippen LogP contribution in [-0.4, -0.2) is 22.1 Å². The zero-order chi connectivity index (χ0) is 24.6. The number of allylic oxidation sites excluding steroid dienone is 1. The lowest BCUT2D eigenvalue weighted by Crippen LogP contribution is -2.40. The summed E-state index contributed by atoms with van der Waals surface area (Å²) in [5.41, 5.74) is 0.0344. The average Bonchev–Trinajstić information content (AvgIpc) is 3.10. The molecule has 1 aliphatic heterocycles. The van der Waals surface area contributed by atoms with Crippen molar-refractivity contribution in [1.29, 1.82) is 0 Å². The molecule has 0 saturated carbocycles. The highest BCUT2D eigenvalue weighted by Gasteiger charge is 2.34. The van der Waals surface area contributed by atoms with E-state index in [9.17, 15) is 24.1 Å². The van der Waals surface area contributed by atoms with E-state index in [1.165, 1.54) is 47.0 Å². The number of benzene rings is 2. The second-order valence-corrected chi connectivity index (χ2v) is 8.71. The van der Waals surface area contributed by atoms with Crippen LogP contribution in [0.3, 0.4) is 0 Å². The number of carbonyl (C=O) groups is 1. The molecule has 0 radical (unpaired) electrons. The summed E-state index contributed by atoms with van der Waals surface area (Å²) in [7, 11) is 0. The predicted molar refractivity (Wildman–Crippen MR) is 125 cm³/mol. The predicted octanol–water partition coefficient (Wildman–Crippen LogP) is 3.50. The van der Waals surface area contributed by atoms with E-state index in [-0.39, 0.29) is 37.8 Å². The number of rotatable bonds is 5. The standard InChI is InChI=1S/C23H17ClFN3O5S/c1-3-33-22(30)19-12(2)26-23-27(20(19)13-6-4-7-14(10-13)28(31)32)21(29)18(34-23)11-15-16(24)8-5-9-17(15)25/h4-11,20H,3H2,1-2H3/b18-11-. The molecule has 2 heterocycles. The first-order valence-electron chi connectivity index (χ1n) is 10.1. The van der Waals surface area contributed by atoms with Gasteiger partial charge in [0.1, 0.15) is 5.82 Å². The molecule has 1 atom stereocenters. The number of aromatic nitrogens is 1. The Labute approximate surface area is 201 Å². The summed E-state index contributed by atoms with van der Waals surface area (Å²) in [5.74, 6) is -1.29. The van der Waals surface area contributed by atoms with Crippen LogP contribution in [0.4, 0.5) is 10.1 Å². The number of nitro benzene ring substituents is 1. The van der Waals surface area contributed by atoms with Gasteiger partial charge in [0.15, 0.2) is 4.80 Å². The van der Waals surface area contributed by atoms with Crippen molar-refractivity contribution in [3.05, 3.63) is 106 Å². The molecule has 11 heteroatoms. The largest absolute Gasteiger partial charge is 0.463 e. The number of fused-ring (bicyclic) bond motifs is 1. The average molecular weight is 502 g/mol. The van der Waals surface area contributed by atoms with Crippen LogP contribution in [0.5, 0.6) is 0 Å². The van der Waals surface area contributed by atoms with Gasteiger partial charge in [0.05, 0.1) is 38.4 Å². The minimum atomic E-state index is -1.02. The van der Waals surface area contributed by atoms with Gasteiger partial charge in [-0.15, -0.1) is 0 Å². The third-order valence-electron chi connectivity index (χ3n) is 5.19. The third kappa shape index (κ3) is 4.17. The summed E-state index contributed by atoms with van der Waals surface area (Å²) in [6.07, 6.45) is 1.33. The van der Waals surface area contributed by atoms with Gasteiger partial charge in [-0.1, -0.05) is 41.1 Å². The number of esters is 1. The Morgan fingerprint density at radius 2 is 2.09 bits per heavy atom. The van der Waals surface area contributed by atoms with Crippen LogP contribution in [-0.2, 0) is 9.53 Å². The Morgan fingerprint density at radius 3 is 2.76 bits per heavy atom. The van der Waals surface area contributed by atoms with Crippen LogP contribution >= 0.6 is 22.9 Å². The van der Waals surface area contributed by atoms with Crippen molar-refractivity contribution in [2.75, 3.05) is 6.61 Å². The molecular weight excluding hydrogens is 485 g/mol. The van der Waals surface area contributed by atoms with Crippen molar-refractivity contribution in [3.8, 4) is 0 Å². The molecule has 174 valence electrons. The minimum absolute atomic E-state index is 0.0441. The molecule has 0 amide bonds. The van der Waals surface area contributed by atoms with Gasteiger partial charge in [0.2, 0.25) is 0 Å². The number of non-ortho nitro benzene ring substituents is 1. The number of hydrogen-bond acceptors (Lipinski definition) is 7. The number of thiazole rings is 1. The number of carbonyl (C=O) groups excluding carboxylic acids is 1. The molecule has 1 aliphatic rings. The molecule has 3 aromatic rings. The monoisotopic (exact) mass is 501 g/mol. The number of hydrogen-bond donors (Lipinski definition) is 0. The fourth-order valence-electron chi connectivity index (χ4n) is 3.70. The fourth-order valence-corrected chi connectivity index (χ4v) is 4.94. The number of ether oxygens (including phenoxy) is 1. The maximum atomic E-state index is 14.4. The van der Waals surface area contributed by atoms with Crippen molar-refractivity contribution in [1.82, 2.24) is 4.57 Å². The Bertz CT molecular complexity index is 1520. The van der Waals surface area contributed by atoms with Crippen LogP contribution in [0.25, 0.3) is 6.08 Å². The topological polar surface area (TPSA) is 104 Å². The Kier molecular flexibility index (Phi) is 6.45. The molecule has 0 fully saturated rings. The van der Waals surface area contributed by atoms with Gasteiger partial charge >= 0.3 is 5.97 Å². The van der Waals surface area contributed by atoms with E-state index in [1.54, 1.807) is 19.9 Å². The maximum Gasteiger partial charge on any atom is 0.338 e. The SMILES string of the molecule is CCOC(=O)C1=C(C)N=c2s/c(=C\c3c(F)cccc3Cl)c(=O)n2C1c1cccc([N+](=O)[O-])c1. The third-order valence-corrected chi connectivity index (χ3v) is 6.50. The highest BCUT2D eigenvalue weighted by atomic mass is 35.5. The molecule has 8 nitrogen and oxygen atoms in total. The number of halogens is 2. The van der Waals surface area contributed by atoms with E-state index >= 15 is 0 Å². The first-order chi connectivity index (χ1) is 16.2. The highest BCUT2D eigenvalue weighted by molar-refractivity contribution is 7.07. The van der Waals surface area contributed by atoms with Crippen molar-refractivity contribution in [3.63, 3.8) is 0 Å². The molecule has 0 aliphatic carbocycles. The lowest BCUT2D eigenvalue weighted by atomic mass is 9.95. The fraction of sp³-hybridized carbons (Fsp3) is 0.174. The Balaban J connectivity index is 2.01. The summed E-state index contributed by atoms with van der Waals surface area (Å²) in [5, 5.41) is 11.5. The Morgan fingerprint density at radius 1 is 1.35 bits per heavy atom. The summed E-state index contributed by atoms with van der Waals surface area (Å²) in [4.78, 5) is 41.8. The van der Waals surface area contributed by atoms with Gasteiger partial charge in [-0.2, -0.15) is 0 Å². The molecule has 4 rings (SSSR count). The summed E-state index contributed by atoms with van der Waals surface area (Å²) < 4.78 is 20.9. The van der Waals surface area contributed by atoms with Gasteiger partial charge in [-0.05, 0) is 37.6 Å². The number of nitrogens with zero attached hydrogens (tertiary/aromatic N) is 3. The summed E-state index contributed by atoms with van der Waals surface area (Å²) in [6.45, 7) is 3.33. The van der Waals surface area contributed by atoms with Gasteiger partial charge in [0, 0.05) is 17.7 Å². The molecule has 34 heavy (non-hydrogen) atoms. The van der Waals surface area contributed by atoms with E-state index in [0.29, 0.717) is 11.3 Å². The molecule has 0 saturated heterocycles. The van der Waals surface area contributed by atoms with Crippen LogP contribution in [0.2, 0.25) is 5.02 Å². The van der Waals surface area contributed by atoms with E-state index in [0.717, 1.165) is 11.3 Å². The normalized spacial score (nSPS) is 15.6. The van der Waals surface area contributed by atoms with Gasteiger partial charge in [-0.25, -0.2) is 14.2 Å². The van der Waals surface area contributed by atoms with Crippen molar-refractivity contribution in [2.45, 2.75) is 19.9 Å². The van der Waals surface area contributed by atoms with E-state index in [2.05, 4.69) is 4.99 Å². The van der Waals surface area contributed by atoms with Crippen LogP contribution in [0, 0.1) is 15.9 Å². The number of nitro groups is 1. The first-order valence-corrected chi connectivity index (χ1v) is 11.3. The second-order valence-electron chi connectivity index (χ2n) is 7.29. The Hall–Kier alpha value is -3.63. The van der Waals surface area contributed by atoms with Crippen LogP contribution < -0.4 is 14.9 Å². The van der Waals surface area contributed by atoms with E-state index in [4.69, 9.17) is 16.3 Å². The first kappa shape index (κ1) is 23.5. The van der Waals surface area contributed by atoms with Gasteiger partial charge in [-0.3, -0.25) is 19.5 Å². The zero-order valence-electron chi connectivity index (χ0n) is 18.0. The molecular formula is C23H17ClFN3O5S. The molecule has 0 N–H and O–H groups in total. The van der Waals surface area contributed by atoms with Crippen molar-refractivity contribution in [2.24, 2.45) is 4.99 Å².